The average molecular weight is 349 g/mol. The Morgan fingerprint density at radius 3 is 2.62 bits per heavy atom. The van der Waals surface area contributed by atoms with Gasteiger partial charge in [0.05, 0.1) is 0 Å². The number of nitrogens with zero attached hydrogens (tertiary/aromatic N) is 1. The SMILES string of the molecule is CCc1ccccc1N1COc2c(cc3c(CC)cc(=O)oc3c2C)C1. The molecule has 134 valence electrons. The Morgan fingerprint density at radius 1 is 1.08 bits per heavy atom. The van der Waals surface area contributed by atoms with Crippen molar-refractivity contribution in [2.24, 2.45) is 0 Å². The van der Waals surface area contributed by atoms with E-state index >= 15 is 0 Å². The highest BCUT2D eigenvalue weighted by atomic mass is 16.5. The molecule has 4 rings (SSSR count). The van der Waals surface area contributed by atoms with Gasteiger partial charge in [0.1, 0.15) is 11.3 Å². The molecule has 0 amide bonds. The first kappa shape index (κ1) is 16.7. The van der Waals surface area contributed by atoms with Gasteiger partial charge in [0, 0.05) is 34.8 Å². The second-order valence-corrected chi connectivity index (χ2v) is 6.76. The van der Waals surface area contributed by atoms with Crippen LogP contribution in [-0.2, 0) is 19.4 Å². The first-order chi connectivity index (χ1) is 12.6. The molecule has 0 radical (unpaired) electrons. The molecule has 0 saturated carbocycles. The molecule has 26 heavy (non-hydrogen) atoms. The van der Waals surface area contributed by atoms with Gasteiger partial charge in [-0.3, -0.25) is 0 Å². The molecule has 0 spiro atoms. The van der Waals surface area contributed by atoms with E-state index in [9.17, 15) is 4.79 Å². The molecule has 0 bridgehead atoms. The monoisotopic (exact) mass is 349 g/mol. The minimum Gasteiger partial charge on any atom is -0.472 e. The molecule has 0 fully saturated rings. The molecule has 3 aromatic rings. The molecule has 0 saturated heterocycles. The summed E-state index contributed by atoms with van der Waals surface area (Å²) in [4.78, 5) is 14.1. The minimum absolute atomic E-state index is 0.299. The third-order valence-electron chi connectivity index (χ3n) is 5.20. The van der Waals surface area contributed by atoms with Crippen molar-refractivity contribution < 1.29 is 9.15 Å². The van der Waals surface area contributed by atoms with Gasteiger partial charge in [0.25, 0.3) is 0 Å². The maximum atomic E-state index is 11.9. The molecule has 1 aromatic heterocycles. The highest BCUT2D eigenvalue weighted by Gasteiger charge is 2.24. The van der Waals surface area contributed by atoms with Crippen LogP contribution in [0.1, 0.15) is 36.1 Å². The van der Waals surface area contributed by atoms with Crippen molar-refractivity contribution in [1.82, 2.24) is 0 Å². The van der Waals surface area contributed by atoms with E-state index in [2.05, 4.69) is 49.1 Å². The first-order valence-corrected chi connectivity index (χ1v) is 9.17. The number of para-hydroxylation sites is 1. The van der Waals surface area contributed by atoms with Crippen LogP contribution >= 0.6 is 0 Å². The smallest absolute Gasteiger partial charge is 0.336 e. The Hall–Kier alpha value is -2.75. The summed E-state index contributed by atoms with van der Waals surface area (Å²) in [5, 5.41) is 1.01. The molecule has 1 aliphatic rings. The number of anilines is 1. The number of hydrogen-bond donors (Lipinski definition) is 0. The van der Waals surface area contributed by atoms with Gasteiger partial charge in [-0.2, -0.15) is 0 Å². The molecule has 2 aromatic carbocycles. The second-order valence-electron chi connectivity index (χ2n) is 6.76. The molecule has 4 nitrogen and oxygen atoms in total. The van der Waals surface area contributed by atoms with Crippen LogP contribution in [0.15, 0.2) is 45.6 Å². The maximum absolute atomic E-state index is 11.9. The molecule has 0 aliphatic carbocycles. The lowest BCUT2D eigenvalue weighted by Gasteiger charge is -2.33. The van der Waals surface area contributed by atoms with Crippen LogP contribution < -0.4 is 15.3 Å². The fraction of sp³-hybridized carbons (Fsp3) is 0.318. The van der Waals surface area contributed by atoms with Gasteiger partial charge < -0.3 is 14.1 Å². The summed E-state index contributed by atoms with van der Waals surface area (Å²) in [7, 11) is 0. The standard InChI is InChI=1S/C22H23NO3/c1-4-15-8-6-7-9-19(15)23-12-17-10-18-16(5-2)11-20(24)26-22(18)14(3)21(17)25-13-23/h6-11H,4-5,12-13H2,1-3H3. The van der Waals surface area contributed by atoms with Crippen LogP contribution in [0, 0.1) is 6.92 Å². The topological polar surface area (TPSA) is 42.7 Å². The van der Waals surface area contributed by atoms with Crippen LogP contribution in [0.3, 0.4) is 0 Å². The van der Waals surface area contributed by atoms with Crippen LogP contribution in [0.25, 0.3) is 11.0 Å². The second kappa shape index (κ2) is 6.52. The first-order valence-electron chi connectivity index (χ1n) is 9.17. The van der Waals surface area contributed by atoms with Crippen molar-refractivity contribution in [2.75, 3.05) is 11.6 Å². The molecular weight excluding hydrogens is 326 g/mol. The zero-order valence-corrected chi connectivity index (χ0v) is 15.5. The van der Waals surface area contributed by atoms with E-state index in [1.807, 2.05) is 6.92 Å². The molecule has 2 heterocycles. The van der Waals surface area contributed by atoms with Crippen molar-refractivity contribution in [3.05, 3.63) is 69.1 Å². The van der Waals surface area contributed by atoms with Crippen molar-refractivity contribution in [2.45, 2.75) is 40.2 Å². The summed E-state index contributed by atoms with van der Waals surface area (Å²) < 4.78 is 11.6. The summed E-state index contributed by atoms with van der Waals surface area (Å²) >= 11 is 0. The zero-order chi connectivity index (χ0) is 18.3. The molecule has 0 unspecified atom stereocenters. The Balaban J connectivity index is 1.83. The summed E-state index contributed by atoms with van der Waals surface area (Å²) in [6, 6.07) is 12.2. The third kappa shape index (κ3) is 2.66. The van der Waals surface area contributed by atoms with Gasteiger partial charge in [-0.1, -0.05) is 32.0 Å². The maximum Gasteiger partial charge on any atom is 0.336 e. The van der Waals surface area contributed by atoms with E-state index in [0.717, 1.165) is 47.2 Å². The zero-order valence-electron chi connectivity index (χ0n) is 15.5. The highest BCUT2D eigenvalue weighted by molar-refractivity contribution is 5.86. The van der Waals surface area contributed by atoms with Crippen molar-refractivity contribution >= 4 is 16.7 Å². The van der Waals surface area contributed by atoms with Crippen molar-refractivity contribution in [3.8, 4) is 5.75 Å². The van der Waals surface area contributed by atoms with Crippen molar-refractivity contribution in [1.29, 1.82) is 0 Å². The van der Waals surface area contributed by atoms with E-state index in [1.54, 1.807) is 6.07 Å². The van der Waals surface area contributed by atoms with Gasteiger partial charge in [-0.05, 0) is 43.0 Å². The van der Waals surface area contributed by atoms with E-state index in [0.29, 0.717) is 12.3 Å². The quantitative estimate of drug-likeness (QED) is 0.649. The lowest BCUT2D eigenvalue weighted by Crippen LogP contribution is -2.33. The van der Waals surface area contributed by atoms with E-state index in [4.69, 9.17) is 9.15 Å². The molecule has 4 heteroatoms. The number of hydrogen-bond acceptors (Lipinski definition) is 4. The van der Waals surface area contributed by atoms with Gasteiger partial charge in [0.15, 0.2) is 6.73 Å². The Labute approximate surface area is 153 Å². The Morgan fingerprint density at radius 2 is 1.85 bits per heavy atom. The predicted octanol–water partition coefficient (Wildman–Crippen LogP) is 4.58. The van der Waals surface area contributed by atoms with Crippen LogP contribution in [-0.4, -0.2) is 6.73 Å². The van der Waals surface area contributed by atoms with Crippen molar-refractivity contribution in [3.63, 3.8) is 0 Å². The fourth-order valence-electron chi connectivity index (χ4n) is 3.85. The van der Waals surface area contributed by atoms with Gasteiger partial charge in [-0.25, -0.2) is 4.79 Å². The van der Waals surface area contributed by atoms with Gasteiger partial charge in [-0.15, -0.1) is 0 Å². The largest absolute Gasteiger partial charge is 0.472 e. The van der Waals surface area contributed by atoms with E-state index in [1.165, 1.54) is 11.3 Å². The normalized spacial score (nSPS) is 13.6. The summed E-state index contributed by atoms with van der Waals surface area (Å²) in [5.74, 6) is 0.846. The lowest BCUT2D eigenvalue weighted by molar-refractivity contribution is 0.287. The molecular formula is C22H23NO3. The number of fused-ring (bicyclic) bond motifs is 2. The van der Waals surface area contributed by atoms with Gasteiger partial charge in [0.2, 0.25) is 0 Å². The lowest BCUT2D eigenvalue weighted by atomic mass is 9.99. The number of ether oxygens (including phenoxy) is 1. The van der Waals surface area contributed by atoms with Crippen LogP contribution in [0.4, 0.5) is 5.69 Å². The van der Waals surface area contributed by atoms with E-state index < -0.39 is 0 Å². The Bertz CT molecular complexity index is 1040. The van der Waals surface area contributed by atoms with Crippen LogP contribution in [0.5, 0.6) is 5.75 Å². The molecule has 1 aliphatic heterocycles. The number of benzene rings is 2. The van der Waals surface area contributed by atoms with E-state index in [-0.39, 0.29) is 5.63 Å². The average Bonchev–Trinajstić information content (AvgIpc) is 2.67. The predicted molar refractivity (Wildman–Crippen MR) is 104 cm³/mol. The highest BCUT2D eigenvalue weighted by Crippen LogP contribution is 2.37. The molecule has 0 atom stereocenters. The van der Waals surface area contributed by atoms with Gasteiger partial charge >= 0.3 is 5.63 Å². The third-order valence-corrected chi connectivity index (χ3v) is 5.20. The summed E-state index contributed by atoms with van der Waals surface area (Å²) in [6.45, 7) is 7.48. The van der Waals surface area contributed by atoms with Crippen LogP contribution in [0.2, 0.25) is 0 Å². The summed E-state index contributed by atoms with van der Waals surface area (Å²) in [5.41, 5.74) is 5.95. The molecule has 0 N–H and O–H groups in total. The number of rotatable bonds is 3. The Kier molecular flexibility index (Phi) is 4.19. The summed E-state index contributed by atoms with van der Waals surface area (Å²) in [6.07, 6.45) is 1.78. The number of aryl methyl sites for hydroxylation is 3. The fourth-order valence-corrected chi connectivity index (χ4v) is 3.85. The minimum atomic E-state index is -0.299.